The maximum atomic E-state index is 12.8. The molecule has 1 aliphatic rings. The van der Waals surface area contributed by atoms with Gasteiger partial charge in [0.25, 0.3) is 5.91 Å². The number of benzene rings is 2. The van der Waals surface area contributed by atoms with Crippen molar-refractivity contribution >= 4 is 29.9 Å². The average Bonchev–Trinajstić information content (AvgIpc) is 3.21. The van der Waals surface area contributed by atoms with Gasteiger partial charge in [0, 0.05) is 13.0 Å². The molecular formula is C23H30ClN3O2. The number of aryl methyl sites for hydroxylation is 1. The first-order valence-corrected chi connectivity index (χ1v) is 10.1. The molecule has 2 aromatic carbocycles. The van der Waals surface area contributed by atoms with Gasteiger partial charge in [0.1, 0.15) is 0 Å². The third-order valence-electron chi connectivity index (χ3n) is 5.26. The standard InChI is InChI=1S/C23H29N3O2.ClH/c1-17-6-5-9-20(26-21(27)11-10-19-12-14-24-16-19)22(17)23(28)25-15-13-18-7-3-2-4-8-18;/h2-9,19,24H,10-16H2,1H3,(H,25,28)(H,26,27);1H. The second kappa shape index (κ2) is 11.6. The molecule has 2 amide bonds. The Kier molecular flexibility index (Phi) is 9.16. The van der Waals surface area contributed by atoms with Crippen LogP contribution in [0.25, 0.3) is 0 Å². The maximum absolute atomic E-state index is 12.8. The average molecular weight is 416 g/mol. The molecule has 156 valence electrons. The first-order chi connectivity index (χ1) is 13.6. The van der Waals surface area contributed by atoms with Gasteiger partial charge in [0.05, 0.1) is 11.3 Å². The highest BCUT2D eigenvalue weighted by Crippen LogP contribution is 2.21. The molecule has 3 rings (SSSR count). The predicted octanol–water partition coefficient (Wildman–Crippen LogP) is 3.72. The van der Waals surface area contributed by atoms with Crippen molar-refractivity contribution in [3.8, 4) is 0 Å². The van der Waals surface area contributed by atoms with Crippen LogP contribution in [0.4, 0.5) is 5.69 Å². The molecule has 0 bridgehead atoms. The van der Waals surface area contributed by atoms with E-state index in [0.29, 0.717) is 30.1 Å². The van der Waals surface area contributed by atoms with E-state index < -0.39 is 0 Å². The van der Waals surface area contributed by atoms with Gasteiger partial charge in [-0.2, -0.15) is 0 Å². The maximum Gasteiger partial charge on any atom is 0.253 e. The monoisotopic (exact) mass is 415 g/mol. The summed E-state index contributed by atoms with van der Waals surface area (Å²) in [5.41, 5.74) is 3.18. The van der Waals surface area contributed by atoms with Gasteiger partial charge in [0.15, 0.2) is 0 Å². The van der Waals surface area contributed by atoms with Crippen molar-refractivity contribution in [1.29, 1.82) is 0 Å². The highest BCUT2D eigenvalue weighted by Gasteiger charge is 2.18. The Labute approximate surface area is 179 Å². The summed E-state index contributed by atoms with van der Waals surface area (Å²) in [5, 5.41) is 9.25. The van der Waals surface area contributed by atoms with Crippen LogP contribution in [-0.4, -0.2) is 31.4 Å². The Balaban J connectivity index is 0.00000300. The minimum atomic E-state index is -0.149. The summed E-state index contributed by atoms with van der Waals surface area (Å²) < 4.78 is 0. The fourth-order valence-electron chi connectivity index (χ4n) is 3.64. The second-order valence-electron chi connectivity index (χ2n) is 7.43. The molecule has 1 heterocycles. The van der Waals surface area contributed by atoms with Crippen LogP contribution in [0.5, 0.6) is 0 Å². The molecule has 0 spiro atoms. The first kappa shape index (κ1) is 22.9. The number of hydrogen-bond acceptors (Lipinski definition) is 3. The van der Waals surface area contributed by atoms with E-state index >= 15 is 0 Å². The third-order valence-corrected chi connectivity index (χ3v) is 5.26. The highest BCUT2D eigenvalue weighted by atomic mass is 35.5. The van der Waals surface area contributed by atoms with Crippen LogP contribution in [0, 0.1) is 12.8 Å². The van der Waals surface area contributed by atoms with Gasteiger partial charge in [-0.25, -0.2) is 0 Å². The van der Waals surface area contributed by atoms with E-state index in [2.05, 4.69) is 16.0 Å². The lowest BCUT2D eigenvalue weighted by Crippen LogP contribution is -2.28. The molecule has 5 nitrogen and oxygen atoms in total. The molecule has 0 radical (unpaired) electrons. The first-order valence-electron chi connectivity index (χ1n) is 10.1. The summed E-state index contributed by atoms with van der Waals surface area (Å²) in [4.78, 5) is 25.1. The fourth-order valence-corrected chi connectivity index (χ4v) is 3.64. The molecule has 1 aliphatic heterocycles. The normalized spacial score (nSPS) is 15.4. The van der Waals surface area contributed by atoms with E-state index in [1.807, 2.05) is 49.4 Å². The van der Waals surface area contributed by atoms with Gasteiger partial charge in [-0.15, -0.1) is 12.4 Å². The summed E-state index contributed by atoms with van der Waals surface area (Å²) >= 11 is 0. The second-order valence-corrected chi connectivity index (χ2v) is 7.43. The quantitative estimate of drug-likeness (QED) is 0.615. The summed E-state index contributed by atoms with van der Waals surface area (Å²) in [6, 6.07) is 15.6. The van der Waals surface area contributed by atoms with Crippen molar-refractivity contribution in [3.63, 3.8) is 0 Å². The molecule has 0 saturated carbocycles. The van der Waals surface area contributed by atoms with Crippen LogP contribution in [0.15, 0.2) is 48.5 Å². The number of hydrogen-bond donors (Lipinski definition) is 3. The van der Waals surface area contributed by atoms with E-state index in [1.165, 1.54) is 5.56 Å². The van der Waals surface area contributed by atoms with Crippen molar-refractivity contribution in [2.45, 2.75) is 32.6 Å². The summed E-state index contributed by atoms with van der Waals surface area (Å²) in [6.07, 6.45) is 3.26. The summed E-state index contributed by atoms with van der Waals surface area (Å²) in [6.45, 7) is 4.48. The molecule has 1 unspecified atom stereocenters. The minimum Gasteiger partial charge on any atom is -0.352 e. The van der Waals surface area contributed by atoms with Crippen LogP contribution in [0.1, 0.15) is 40.7 Å². The molecule has 6 heteroatoms. The Bertz CT molecular complexity index is 805. The summed E-state index contributed by atoms with van der Waals surface area (Å²) in [5.74, 6) is 0.393. The zero-order valence-electron chi connectivity index (χ0n) is 16.9. The lowest BCUT2D eigenvalue weighted by Gasteiger charge is -2.14. The van der Waals surface area contributed by atoms with Crippen LogP contribution >= 0.6 is 12.4 Å². The molecule has 29 heavy (non-hydrogen) atoms. The molecular weight excluding hydrogens is 386 g/mol. The smallest absolute Gasteiger partial charge is 0.253 e. The largest absolute Gasteiger partial charge is 0.352 e. The third kappa shape index (κ3) is 6.87. The van der Waals surface area contributed by atoms with E-state index in [4.69, 9.17) is 0 Å². The molecule has 1 saturated heterocycles. The minimum absolute atomic E-state index is 0. The van der Waals surface area contributed by atoms with E-state index in [0.717, 1.165) is 37.9 Å². The van der Waals surface area contributed by atoms with Gasteiger partial charge in [-0.1, -0.05) is 42.5 Å². The number of halogens is 1. The van der Waals surface area contributed by atoms with Crippen LogP contribution in [0.2, 0.25) is 0 Å². The van der Waals surface area contributed by atoms with Crippen LogP contribution in [-0.2, 0) is 11.2 Å². The Morgan fingerprint density at radius 1 is 1.10 bits per heavy atom. The van der Waals surface area contributed by atoms with E-state index in [-0.39, 0.29) is 24.2 Å². The number of anilines is 1. The molecule has 2 aromatic rings. The zero-order chi connectivity index (χ0) is 19.8. The van der Waals surface area contributed by atoms with Crippen LogP contribution in [0.3, 0.4) is 0 Å². The Hall–Kier alpha value is -2.37. The number of amides is 2. The van der Waals surface area contributed by atoms with Crippen LogP contribution < -0.4 is 16.0 Å². The molecule has 0 aliphatic carbocycles. The number of nitrogens with one attached hydrogen (secondary N) is 3. The van der Waals surface area contributed by atoms with E-state index in [1.54, 1.807) is 6.07 Å². The Morgan fingerprint density at radius 2 is 1.90 bits per heavy atom. The van der Waals surface area contributed by atoms with Gasteiger partial charge < -0.3 is 16.0 Å². The summed E-state index contributed by atoms with van der Waals surface area (Å²) in [7, 11) is 0. The highest BCUT2D eigenvalue weighted by molar-refractivity contribution is 6.04. The molecule has 1 atom stereocenters. The number of carbonyl (C=O) groups excluding carboxylic acids is 2. The predicted molar refractivity (Wildman–Crippen MR) is 120 cm³/mol. The molecule has 1 fully saturated rings. The number of carbonyl (C=O) groups is 2. The van der Waals surface area contributed by atoms with Crippen molar-refractivity contribution in [2.75, 3.05) is 25.0 Å². The SMILES string of the molecule is Cc1cccc(NC(=O)CCC2CCNC2)c1C(=O)NCCc1ccccc1.Cl. The van der Waals surface area contributed by atoms with Crippen molar-refractivity contribution in [3.05, 3.63) is 65.2 Å². The van der Waals surface area contributed by atoms with Crippen molar-refractivity contribution in [1.82, 2.24) is 10.6 Å². The molecule has 3 N–H and O–H groups in total. The van der Waals surface area contributed by atoms with Gasteiger partial charge in [0.2, 0.25) is 5.91 Å². The lowest BCUT2D eigenvalue weighted by molar-refractivity contribution is -0.116. The molecule has 0 aromatic heterocycles. The zero-order valence-corrected chi connectivity index (χ0v) is 17.7. The van der Waals surface area contributed by atoms with E-state index in [9.17, 15) is 9.59 Å². The number of rotatable bonds is 8. The lowest BCUT2D eigenvalue weighted by atomic mass is 10.0. The van der Waals surface area contributed by atoms with Crippen molar-refractivity contribution in [2.24, 2.45) is 5.92 Å². The van der Waals surface area contributed by atoms with Crippen molar-refractivity contribution < 1.29 is 9.59 Å². The van der Waals surface area contributed by atoms with Gasteiger partial charge in [-0.3, -0.25) is 9.59 Å². The fraction of sp³-hybridized carbons (Fsp3) is 0.391. The Morgan fingerprint density at radius 3 is 2.62 bits per heavy atom. The van der Waals surface area contributed by atoms with Gasteiger partial charge >= 0.3 is 0 Å². The topological polar surface area (TPSA) is 70.2 Å². The van der Waals surface area contributed by atoms with Gasteiger partial charge in [-0.05, 0) is 62.4 Å².